The van der Waals surface area contributed by atoms with Gasteiger partial charge < -0.3 is 9.42 Å². The van der Waals surface area contributed by atoms with Gasteiger partial charge in [0.25, 0.3) is 0 Å². The topological polar surface area (TPSA) is 59.2 Å². The van der Waals surface area contributed by atoms with Crippen LogP contribution in [0.4, 0.5) is 0 Å². The van der Waals surface area contributed by atoms with Crippen LogP contribution >= 0.6 is 0 Å². The van der Waals surface area contributed by atoms with Gasteiger partial charge in [-0.25, -0.2) is 0 Å². The van der Waals surface area contributed by atoms with Crippen LogP contribution in [0.5, 0.6) is 0 Å². The van der Waals surface area contributed by atoms with E-state index in [1.54, 1.807) is 11.9 Å². The fourth-order valence-corrected chi connectivity index (χ4v) is 3.17. The van der Waals surface area contributed by atoms with Crippen molar-refractivity contribution >= 4 is 16.7 Å². The van der Waals surface area contributed by atoms with Crippen LogP contribution in [0.25, 0.3) is 22.2 Å². The molecule has 0 spiro atoms. The van der Waals surface area contributed by atoms with Crippen molar-refractivity contribution in [3.8, 4) is 11.4 Å². The molecule has 0 N–H and O–H groups in total. The number of benzene rings is 3. The molecule has 4 rings (SSSR count). The highest BCUT2D eigenvalue weighted by molar-refractivity contribution is 5.90. The third-order valence-electron chi connectivity index (χ3n) is 4.80. The first-order chi connectivity index (χ1) is 13.6. The Kier molecular flexibility index (Phi) is 4.89. The highest BCUT2D eigenvalue weighted by Crippen LogP contribution is 2.20. The Balaban J connectivity index is 1.45. The molecule has 1 amide bonds. The minimum Gasteiger partial charge on any atom is -0.337 e. The molecule has 28 heavy (non-hydrogen) atoms. The Morgan fingerprint density at radius 3 is 2.57 bits per heavy atom. The number of nitrogens with zero attached hydrogens (tertiary/aromatic N) is 3. The summed E-state index contributed by atoms with van der Waals surface area (Å²) in [6.45, 7) is 2.31. The zero-order valence-corrected chi connectivity index (χ0v) is 15.9. The van der Waals surface area contributed by atoms with Crippen LogP contribution in [0.2, 0.25) is 0 Å². The molecule has 0 aliphatic carbocycles. The van der Waals surface area contributed by atoms with Crippen molar-refractivity contribution in [3.05, 3.63) is 83.7 Å². The summed E-state index contributed by atoms with van der Waals surface area (Å²) in [6.07, 6.45) is 0.330. The van der Waals surface area contributed by atoms with Gasteiger partial charge in [-0.2, -0.15) is 4.98 Å². The molecule has 0 bridgehead atoms. The van der Waals surface area contributed by atoms with Gasteiger partial charge in [-0.15, -0.1) is 0 Å². The first kappa shape index (κ1) is 17.9. The van der Waals surface area contributed by atoms with E-state index in [2.05, 4.69) is 22.3 Å². The highest BCUT2D eigenvalue weighted by atomic mass is 16.5. The molecule has 3 aromatic carbocycles. The second kappa shape index (κ2) is 7.64. The summed E-state index contributed by atoms with van der Waals surface area (Å²) in [4.78, 5) is 18.7. The van der Waals surface area contributed by atoms with Crippen LogP contribution in [0.15, 0.2) is 71.3 Å². The lowest BCUT2D eigenvalue weighted by Crippen LogP contribution is -2.27. The van der Waals surface area contributed by atoms with Gasteiger partial charge in [0.05, 0.1) is 13.0 Å². The Bertz CT molecular complexity index is 1110. The van der Waals surface area contributed by atoms with Gasteiger partial charge in [-0.05, 0) is 23.3 Å². The molecule has 0 radical (unpaired) electrons. The maximum atomic E-state index is 12.7. The Morgan fingerprint density at radius 2 is 1.75 bits per heavy atom. The average Bonchev–Trinajstić information content (AvgIpc) is 3.17. The minimum absolute atomic E-state index is 0.00596. The smallest absolute Gasteiger partial charge is 0.246 e. The summed E-state index contributed by atoms with van der Waals surface area (Å²) >= 11 is 0. The fourth-order valence-electron chi connectivity index (χ4n) is 3.17. The van der Waals surface area contributed by atoms with Gasteiger partial charge in [-0.1, -0.05) is 77.5 Å². The molecule has 0 saturated heterocycles. The van der Waals surface area contributed by atoms with E-state index < -0.39 is 0 Å². The lowest BCUT2D eigenvalue weighted by molar-refractivity contribution is -0.130. The van der Waals surface area contributed by atoms with E-state index in [0.717, 1.165) is 21.9 Å². The largest absolute Gasteiger partial charge is 0.337 e. The van der Waals surface area contributed by atoms with Crippen molar-refractivity contribution in [2.75, 3.05) is 7.05 Å². The Hall–Kier alpha value is -3.47. The zero-order valence-electron chi connectivity index (χ0n) is 15.9. The number of rotatable bonds is 5. The summed E-state index contributed by atoms with van der Waals surface area (Å²) in [7, 11) is 1.75. The number of likely N-dealkylation sites (N-methyl/N-ethyl adjacent to an activating group) is 1. The molecule has 5 nitrogen and oxygen atoms in total. The number of carbonyl (C=O) groups excluding carboxylic acids is 1. The second-order valence-electron chi connectivity index (χ2n) is 6.94. The minimum atomic E-state index is 0.00596. The van der Waals surface area contributed by atoms with Gasteiger partial charge in [0, 0.05) is 12.6 Å². The molecule has 0 fully saturated rings. The van der Waals surface area contributed by atoms with Crippen LogP contribution < -0.4 is 0 Å². The van der Waals surface area contributed by atoms with Crippen LogP contribution in [0, 0.1) is 6.92 Å². The highest BCUT2D eigenvalue weighted by Gasteiger charge is 2.16. The summed E-state index contributed by atoms with van der Waals surface area (Å²) in [6, 6.07) is 22.1. The Labute approximate surface area is 163 Å². The van der Waals surface area contributed by atoms with Crippen LogP contribution in [0.3, 0.4) is 0 Å². The van der Waals surface area contributed by atoms with Crippen LogP contribution in [0.1, 0.15) is 17.0 Å². The van der Waals surface area contributed by atoms with E-state index in [0.29, 0.717) is 18.1 Å². The van der Waals surface area contributed by atoms with E-state index in [1.807, 2.05) is 61.5 Å². The quantitative estimate of drug-likeness (QED) is 0.522. The van der Waals surface area contributed by atoms with E-state index in [-0.39, 0.29) is 12.5 Å². The SMILES string of the molecule is Cc1ccc(-c2noc(CN(C)C(=O)Cc3cccc4ccccc34)n2)cc1. The first-order valence-electron chi connectivity index (χ1n) is 9.20. The van der Waals surface area contributed by atoms with Gasteiger partial charge in [0.2, 0.25) is 17.6 Å². The molecule has 0 aliphatic rings. The molecule has 140 valence electrons. The fraction of sp³-hybridized carbons (Fsp3) is 0.174. The van der Waals surface area contributed by atoms with Crippen molar-refractivity contribution < 1.29 is 9.32 Å². The molecule has 0 atom stereocenters. The van der Waals surface area contributed by atoms with Crippen molar-refractivity contribution in [3.63, 3.8) is 0 Å². The predicted molar refractivity (Wildman–Crippen MR) is 109 cm³/mol. The van der Waals surface area contributed by atoms with Crippen molar-refractivity contribution in [2.45, 2.75) is 19.9 Å². The molecule has 4 aromatic rings. The maximum Gasteiger partial charge on any atom is 0.246 e. The van der Waals surface area contributed by atoms with Crippen molar-refractivity contribution in [1.29, 1.82) is 0 Å². The average molecular weight is 371 g/mol. The number of carbonyl (C=O) groups is 1. The third kappa shape index (κ3) is 3.78. The third-order valence-corrected chi connectivity index (χ3v) is 4.80. The van der Waals surface area contributed by atoms with Crippen molar-refractivity contribution in [2.24, 2.45) is 0 Å². The number of aryl methyl sites for hydroxylation is 1. The van der Waals surface area contributed by atoms with Gasteiger partial charge in [-0.3, -0.25) is 4.79 Å². The summed E-state index contributed by atoms with van der Waals surface area (Å²) < 4.78 is 5.34. The van der Waals surface area contributed by atoms with Gasteiger partial charge >= 0.3 is 0 Å². The van der Waals surface area contributed by atoms with E-state index in [1.165, 1.54) is 5.56 Å². The lowest BCUT2D eigenvalue weighted by atomic mass is 10.0. The van der Waals surface area contributed by atoms with Gasteiger partial charge in [0.1, 0.15) is 0 Å². The van der Waals surface area contributed by atoms with Gasteiger partial charge in [0.15, 0.2) is 0 Å². The van der Waals surface area contributed by atoms with E-state index >= 15 is 0 Å². The van der Waals surface area contributed by atoms with E-state index in [9.17, 15) is 4.79 Å². The van der Waals surface area contributed by atoms with E-state index in [4.69, 9.17) is 4.52 Å². The monoisotopic (exact) mass is 371 g/mol. The van der Waals surface area contributed by atoms with Crippen molar-refractivity contribution in [1.82, 2.24) is 15.0 Å². The molecular formula is C23H21N3O2. The molecule has 0 unspecified atom stereocenters. The number of amides is 1. The molecule has 1 heterocycles. The predicted octanol–water partition coefficient (Wildman–Crippen LogP) is 4.40. The molecule has 0 aliphatic heterocycles. The Morgan fingerprint density at radius 1 is 1.00 bits per heavy atom. The summed E-state index contributed by atoms with van der Waals surface area (Å²) in [5.74, 6) is 0.959. The number of hydrogen-bond acceptors (Lipinski definition) is 4. The normalized spacial score (nSPS) is 10.9. The standard InChI is InChI=1S/C23H21N3O2/c1-16-10-12-18(13-11-16)23-24-21(28-25-23)15-26(2)22(27)14-19-8-5-7-17-6-3-4-9-20(17)19/h3-13H,14-15H2,1-2H3. The second-order valence-corrected chi connectivity index (χ2v) is 6.94. The lowest BCUT2D eigenvalue weighted by Gasteiger charge is -2.15. The number of fused-ring (bicyclic) bond motifs is 1. The van der Waals surface area contributed by atoms with Crippen LogP contribution in [-0.4, -0.2) is 28.0 Å². The summed E-state index contributed by atoms with van der Waals surface area (Å²) in [5, 5.41) is 6.27. The molecular weight excluding hydrogens is 350 g/mol. The number of aromatic nitrogens is 2. The zero-order chi connectivity index (χ0) is 19.5. The maximum absolute atomic E-state index is 12.7. The molecule has 5 heteroatoms. The number of hydrogen-bond donors (Lipinski definition) is 0. The summed E-state index contributed by atoms with van der Waals surface area (Å²) in [5.41, 5.74) is 3.08. The molecule has 0 saturated carbocycles. The first-order valence-corrected chi connectivity index (χ1v) is 9.20. The molecule has 1 aromatic heterocycles. The van der Waals surface area contributed by atoms with Crippen LogP contribution in [-0.2, 0) is 17.8 Å².